The molecular formula is C23H29N5O5. The second-order valence-electron chi connectivity index (χ2n) is 8.58. The molecule has 176 valence electrons. The van der Waals surface area contributed by atoms with Crippen molar-refractivity contribution in [2.24, 2.45) is 20.0 Å². The first-order chi connectivity index (χ1) is 15.8. The van der Waals surface area contributed by atoms with Crippen LogP contribution in [0.4, 0.5) is 5.82 Å². The fraction of sp³-hybridized carbons (Fsp3) is 0.478. The molecule has 2 saturated heterocycles. The average molecular weight is 456 g/mol. The SMILES string of the molecule is COc1ccc(CN2CC(C(=O)N3CCN(c4cc(=O)n(C)c(=O)n4C)CC3)CC2=O)cc1. The molecule has 0 saturated carbocycles. The van der Waals surface area contributed by atoms with E-state index in [0.29, 0.717) is 45.1 Å². The molecule has 10 nitrogen and oxygen atoms in total. The van der Waals surface area contributed by atoms with Crippen molar-refractivity contribution in [3.63, 3.8) is 0 Å². The number of aromatic nitrogens is 2. The van der Waals surface area contributed by atoms with Gasteiger partial charge in [-0.3, -0.25) is 23.5 Å². The molecule has 0 bridgehead atoms. The lowest BCUT2D eigenvalue weighted by molar-refractivity contribution is -0.136. The number of carbonyl (C=O) groups excluding carboxylic acids is 2. The summed E-state index contributed by atoms with van der Waals surface area (Å²) in [7, 11) is 4.69. The van der Waals surface area contributed by atoms with E-state index in [2.05, 4.69) is 0 Å². The fourth-order valence-corrected chi connectivity index (χ4v) is 4.48. The summed E-state index contributed by atoms with van der Waals surface area (Å²) >= 11 is 0. The molecule has 0 radical (unpaired) electrons. The first-order valence-electron chi connectivity index (χ1n) is 11.0. The maximum Gasteiger partial charge on any atom is 0.332 e. The van der Waals surface area contributed by atoms with Crippen molar-refractivity contribution in [2.45, 2.75) is 13.0 Å². The quantitative estimate of drug-likeness (QED) is 0.619. The molecule has 1 unspecified atom stereocenters. The summed E-state index contributed by atoms with van der Waals surface area (Å²) in [6.07, 6.45) is 0.221. The van der Waals surface area contributed by atoms with Gasteiger partial charge in [0.1, 0.15) is 11.6 Å². The molecule has 1 aromatic carbocycles. The van der Waals surface area contributed by atoms with Crippen molar-refractivity contribution in [1.82, 2.24) is 18.9 Å². The summed E-state index contributed by atoms with van der Waals surface area (Å²) in [5.41, 5.74) is 0.260. The zero-order valence-corrected chi connectivity index (χ0v) is 19.2. The Morgan fingerprint density at radius 2 is 1.67 bits per heavy atom. The maximum atomic E-state index is 13.1. The van der Waals surface area contributed by atoms with Crippen molar-refractivity contribution in [2.75, 3.05) is 44.7 Å². The molecule has 1 aromatic heterocycles. The third-order valence-corrected chi connectivity index (χ3v) is 6.51. The predicted molar refractivity (Wildman–Crippen MR) is 122 cm³/mol. The van der Waals surface area contributed by atoms with Crippen LogP contribution in [0.3, 0.4) is 0 Å². The predicted octanol–water partition coefficient (Wildman–Crippen LogP) is -0.210. The Morgan fingerprint density at radius 3 is 2.30 bits per heavy atom. The van der Waals surface area contributed by atoms with E-state index in [1.54, 1.807) is 24.0 Å². The second-order valence-corrected chi connectivity index (χ2v) is 8.58. The van der Waals surface area contributed by atoms with Gasteiger partial charge in [0.2, 0.25) is 11.8 Å². The number of hydrogen-bond donors (Lipinski definition) is 0. The number of carbonyl (C=O) groups is 2. The highest BCUT2D eigenvalue weighted by Crippen LogP contribution is 2.24. The van der Waals surface area contributed by atoms with Crippen LogP contribution in [0, 0.1) is 5.92 Å². The van der Waals surface area contributed by atoms with Gasteiger partial charge in [0.25, 0.3) is 5.56 Å². The van der Waals surface area contributed by atoms with Crippen LogP contribution in [-0.4, -0.2) is 70.6 Å². The summed E-state index contributed by atoms with van der Waals surface area (Å²) in [6, 6.07) is 9.01. The number of amides is 2. The van der Waals surface area contributed by atoms with E-state index in [0.717, 1.165) is 15.9 Å². The van der Waals surface area contributed by atoms with E-state index in [1.807, 2.05) is 29.2 Å². The van der Waals surface area contributed by atoms with Gasteiger partial charge in [-0.05, 0) is 17.7 Å². The topological polar surface area (TPSA) is 97.1 Å². The number of likely N-dealkylation sites (tertiary alicyclic amines) is 1. The summed E-state index contributed by atoms with van der Waals surface area (Å²) < 4.78 is 7.69. The van der Waals surface area contributed by atoms with Gasteiger partial charge in [-0.1, -0.05) is 12.1 Å². The van der Waals surface area contributed by atoms with E-state index >= 15 is 0 Å². The van der Waals surface area contributed by atoms with E-state index < -0.39 is 0 Å². The number of piperazine rings is 1. The smallest absolute Gasteiger partial charge is 0.332 e. The molecule has 2 aliphatic heterocycles. The summed E-state index contributed by atoms with van der Waals surface area (Å²) in [6.45, 7) is 2.87. The van der Waals surface area contributed by atoms with Gasteiger partial charge in [0.15, 0.2) is 0 Å². The van der Waals surface area contributed by atoms with Gasteiger partial charge >= 0.3 is 5.69 Å². The van der Waals surface area contributed by atoms with Crippen molar-refractivity contribution in [3.05, 3.63) is 56.7 Å². The molecule has 2 fully saturated rings. The summed E-state index contributed by atoms with van der Waals surface area (Å²) in [5.74, 6) is 0.929. The third kappa shape index (κ3) is 4.50. The number of benzene rings is 1. The third-order valence-electron chi connectivity index (χ3n) is 6.51. The summed E-state index contributed by atoms with van der Waals surface area (Å²) in [4.78, 5) is 55.3. The molecule has 0 spiro atoms. The lowest BCUT2D eigenvalue weighted by Gasteiger charge is -2.37. The van der Waals surface area contributed by atoms with E-state index in [4.69, 9.17) is 4.74 Å². The monoisotopic (exact) mass is 455 g/mol. The Balaban J connectivity index is 1.36. The normalized spacial score (nSPS) is 18.7. The zero-order valence-electron chi connectivity index (χ0n) is 19.2. The Morgan fingerprint density at radius 1 is 1.00 bits per heavy atom. The molecule has 0 aliphatic carbocycles. The molecule has 0 N–H and O–H groups in total. The average Bonchev–Trinajstić information content (AvgIpc) is 3.20. The van der Waals surface area contributed by atoms with Crippen LogP contribution in [0.1, 0.15) is 12.0 Å². The van der Waals surface area contributed by atoms with Crippen LogP contribution in [0.15, 0.2) is 39.9 Å². The molecule has 2 aliphatic rings. The van der Waals surface area contributed by atoms with Crippen LogP contribution in [-0.2, 0) is 30.2 Å². The number of rotatable bonds is 5. The first-order valence-corrected chi connectivity index (χ1v) is 11.0. The molecule has 2 amide bonds. The van der Waals surface area contributed by atoms with Gasteiger partial charge in [0, 0.05) is 65.9 Å². The van der Waals surface area contributed by atoms with Crippen molar-refractivity contribution >= 4 is 17.6 Å². The number of hydrogen-bond acceptors (Lipinski definition) is 6. The highest BCUT2D eigenvalue weighted by atomic mass is 16.5. The standard InChI is InChI=1S/C23H29N5O5/c1-24-19(13-20(29)25(2)23(24)32)26-8-10-27(11-9-26)22(31)17-12-21(30)28(15-17)14-16-4-6-18(33-3)7-5-16/h4-7,13,17H,8-12,14-15H2,1-3H3. The molecule has 4 rings (SSSR count). The number of ether oxygens (including phenoxy) is 1. The van der Waals surface area contributed by atoms with Crippen LogP contribution in [0.5, 0.6) is 5.75 Å². The first kappa shape index (κ1) is 22.6. The van der Waals surface area contributed by atoms with E-state index in [1.165, 1.54) is 17.7 Å². The molecule has 10 heteroatoms. The number of anilines is 1. The highest BCUT2D eigenvalue weighted by molar-refractivity contribution is 5.89. The van der Waals surface area contributed by atoms with Crippen LogP contribution in [0.25, 0.3) is 0 Å². The molecule has 2 aromatic rings. The van der Waals surface area contributed by atoms with Crippen LogP contribution >= 0.6 is 0 Å². The maximum absolute atomic E-state index is 13.1. The number of methoxy groups -OCH3 is 1. The summed E-state index contributed by atoms with van der Waals surface area (Å²) in [5, 5.41) is 0. The van der Waals surface area contributed by atoms with Crippen molar-refractivity contribution < 1.29 is 14.3 Å². The largest absolute Gasteiger partial charge is 0.497 e. The Bertz CT molecular complexity index is 1160. The van der Waals surface area contributed by atoms with E-state index in [9.17, 15) is 19.2 Å². The van der Waals surface area contributed by atoms with Gasteiger partial charge in [0.05, 0.1) is 13.0 Å². The lowest BCUT2D eigenvalue weighted by Crippen LogP contribution is -2.52. The highest BCUT2D eigenvalue weighted by Gasteiger charge is 2.37. The molecule has 1 atom stereocenters. The number of nitrogens with zero attached hydrogens (tertiary/aromatic N) is 5. The zero-order chi connectivity index (χ0) is 23.7. The van der Waals surface area contributed by atoms with Crippen molar-refractivity contribution in [1.29, 1.82) is 0 Å². The second kappa shape index (κ2) is 9.13. The molecule has 33 heavy (non-hydrogen) atoms. The van der Waals surface area contributed by atoms with Crippen LogP contribution in [0.2, 0.25) is 0 Å². The van der Waals surface area contributed by atoms with E-state index in [-0.39, 0.29) is 35.4 Å². The van der Waals surface area contributed by atoms with Crippen LogP contribution < -0.4 is 20.9 Å². The molecule has 3 heterocycles. The Kier molecular flexibility index (Phi) is 6.26. The van der Waals surface area contributed by atoms with Gasteiger partial charge in [-0.2, -0.15) is 0 Å². The minimum Gasteiger partial charge on any atom is -0.497 e. The lowest BCUT2D eigenvalue weighted by atomic mass is 10.1. The Hall–Kier alpha value is -3.56. The fourth-order valence-electron chi connectivity index (χ4n) is 4.48. The minimum absolute atomic E-state index is 0.0157. The minimum atomic E-state index is -0.377. The molecular weight excluding hydrogens is 426 g/mol. The van der Waals surface area contributed by atoms with Gasteiger partial charge in [-0.25, -0.2) is 4.79 Å². The van der Waals surface area contributed by atoms with Gasteiger partial charge in [-0.15, -0.1) is 0 Å². The van der Waals surface area contributed by atoms with Crippen molar-refractivity contribution in [3.8, 4) is 5.75 Å². The Labute approximate surface area is 191 Å². The van der Waals surface area contributed by atoms with Gasteiger partial charge < -0.3 is 19.4 Å².